The van der Waals surface area contributed by atoms with Crippen molar-refractivity contribution in [1.29, 1.82) is 0 Å². The van der Waals surface area contributed by atoms with E-state index in [-0.39, 0.29) is 5.41 Å². The summed E-state index contributed by atoms with van der Waals surface area (Å²) < 4.78 is 5.53. The molecular weight excluding hydrogens is 234 g/mol. The van der Waals surface area contributed by atoms with Crippen molar-refractivity contribution in [3.05, 3.63) is 28.8 Å². The highest BCUT2D eigenvalue weighted by Gasteiger charge is 2.36. The lowest BCUT2D eigenvalue weighted by Crippen LogP contribution is -2.38. The third-order valence-electron chi connectivity index (χ3n) is 5.23. The second-order valence-electron chi connectivity index (χ2n) is 6.17. The minimum Gasteiger partial charge on any atom is -0.496 e. The van der Waals surface area contributed by atoms with Gasteiger partial charge in [-0.3, -0.25) is 0 Å². The highest BCUT2D eigenvalue weighted by Crippen LogP contribution is 2.44. The Balaban J connectivity index is 2.07. The number of fused-ring (bicyclic) bond motifs is 1. The van der Waals surface area contributed by atoms with Crippen LogP contribution < -0.4 is 10.5 Å². The Labute approximate surface area is 116 Å². The smallest absolute Gasteiger partial charge is 0.122 e. The maximum atomic E-state index is 6.20. The largest absolute Gasteiger partial charge is 0.496 e. The monoisotopic (exact) mass is 259 g/mol. The number of nitrogens with two attached hydrogens (primary N) is 1. The van der Waals surface area contributed by atoms with Gasteiger partial charge in [-0.15, -0.1) is 0 Å². The number of hydrogen-bond donors (Lipinski definition) is 1. The van der Waals surface area contributed by atoms with E-state index in [0.29, 0.717) is 0 Å². The van der Waals surface area contributed by atoms with E-state index in [4.69, 9.17) is 10.5 Å². The molecule has 3 rings (SSSR count). The van der Waals surface area contributed by atoms with Crippen LogP contribution in [0.4, 0.5) is 0 Å². The average Bonchev–Trinajstić information content (AvgIpc) is 2.96. The topological polar surface area (TPSA) is 35.2 Å². The number of rotatable bonds is 3. The highest BCUT2D eigenvalue weighted by molar-refractivity contribution is 5.50. The molecule has 0 atom stereocenters. The number of benzene rings is 1. The van der Waals surface area contributed by atoms with Gasteiger partial charge in [-0.25, -0.2) is 0 Å². The lowest BCUT2D eigenvalue weighted by molar-refractivity contribution is 0.298. The SMILES string of the molecule is COc1ccc(C2(CN)CCCCC2)c2c1CCC2. The summed E-state index contributed by atoms with van der Waals surface area (Å²) in [6, 6.07) is 4.48. The third kappa shape index (κ3) is 2.06. The summed E-state index contributed by atoms with van der Waals surface area (Å²) in [5, 5.41) is 0. The van der Waals surface area contributed by atoms with Crippen molar-refractivity contribution in [2.24, 2.45) is 5.73 Å². The maximum absolute atomic E-state index is 6.20. The van der Waals surface area contributed by atoms with Crippen LogP contribution in [-0.2, 0) is 18.3 Å². The Morgan fingerprint density at radius 3 is 2.47 bits per heavy atom. The van der Waals surface area contributed by atoms with E-state index in [0.717, 1.165) is 12.3 Å². The summed E-state index contributed by atoms with van der Waals surface area (Å²) in [4.78, 5) is 0. The van der Waals surface area contributed by atoms with Gasteiger partial charge in [-0.05, 0) is 54.9 Å². The molecule has 0 unspecified atom stereocenters. The van der Waals surface area contributed by atoms with Crippen molar-refractivity contribution in [3.8, 4) is 5.75 Å². The highest BCUT2D eigenvalue weighted by atomic mass is 16.5. The molecule has 0 aromatic heterocycles. The average molecular weight is 259 g/mol. The minimum atomic E-state index is 0.249. The fourth-order valence-corrected chi connectivity index (χ4v) is 4.17. The van der Waals surface area contributed by atoms with Crippen molar-refractivity contribution in [2.75, 3.05) is 13.7 Å². The molecule has 0 amide bonds. The minimum absolute atomic E-state index is 0.249. The Morgan fingerprint density at radius 1 is 1.05 bits per heavy atom. The van der Waals surface area contributed by atoms with Crippen molar-refractivity contribution in [3.63, 3.8) is 0 Å². The molecule has 0 heterocycles. The van der Waals surface area contributed by atoms with Crippen LogP contribution in [-0.4, -0.2) is 13.7 Å². The zero-order chi connectivity index (χ0) is 13.3. The van der Waals surface area contributed by atoms with Crippen molar-refractivity contribution < 1.29 is 4.74 Å². The molecule has 2 heteroatoms. The Bertz CT molecular complexity index is 461. The summed E-state index contributed by atoms with van der Waals surface area (Å²) >= 11 is 0. The molecule has 1 saturated carbocycles. The second-order valence-corrected chi connectivity index (χ2v) is 6.17. The number of methoxy groups -OCH3 is 1. The quantitative estimate of drug-likeness (QED) is 0.903. The van der Waals surface area contributed by atoms with Gasteiger partial charge in [-0.1, -0.05) is 25.3 Å². The fourth-order valence-electron chi connectivity index (χ4n) is 4.17. The van der Waals surface area contributed by atoms with E-state index in [2.05, 4.69) is 12.1 Å². The van der Waals surface area contributed by atoms with Crippen LogP contribution >= 0.6 is 0 Å². The molecule has 0 radical (unpaired) electrons. The lowest BCUT2D eigenvalue weighted by Gasteiger charge is -2.38. The zero-order valence-corrected chi connectivity index (χ0v) is 12.0. The second kappa shape index (κ2) is 5.16. The summed E-state index contributed by atoms with van der Waals surface area (Å²) in [6.07, 6.45) is 10.2. The first-order valence-electron chi connectivity index (χ1n) is 7.70. The maximum Gasteiger partial charge on any atom is 0.122 e. The third-order valence-corrected chi connectivity index (χ3v) is 5.23. The molecule has 1 aromatic carbocycles. The molecule has 2 aliphatic rings. The number of hydrogen-bond acceptors (Lipinski definition) is 2. The summed E-state index contributed by atoms with van der Waals surface area (Å²) in [7, 11) is 1.78. The van der Waals surface area contributed by atoms with Crippen LogP contribution in [0.25, 0.3) is 0 Å². The van der Waals surface area contributed by atoms with E-state index in [1.165, 1.54) is 56.9 Å². The number of ether oxygens (including phenoxy) is 1. The van der Waals surface area contributed by atoms with Crippen molar-refractivity contribution in [1.82, 2.24) is 0 Å². The van der Waals surface area contributed by atoms with Crippen LogP contribution in [0.1, 0.15) is 55.2 Å². The molecular formula is C17H25NO. The Kier molecular flexibility index (Phi) is 3.53. The molecule has 0 aliphatic heterocycles. The Hall–Kier alpha value is -1.02. The molecule has 104 valence electrons. The van der Waals surface area contributed by atoms with Gasteiger partial charge in [-0.2, -0.15) is 0 Å². The molecule has 0 spiro atoms. The molecule has 1 aromatic rings. The van der Waals surface area contributed by atoms with Gasteiger partial charge < -0.3 is 10.5 Å². The van der Waals surface area contributed by atoms with Gasteiger partial charge in [0.05, 0.1) is 7.11 Å². The van der Waals surface area contributed by atoms with Crippen LogP contribution in [0, 0.1) is 0 Å². The van der Waals surface area contributed by atoms with Crippen molar-refractivity contribution >= 4 is 0 Å². The summed E-state index contributed by atoms with van der Waals surface area (Å²) in [6.45, 7) is 0.797. The zero-order valence-electron chi connectivity index (χ0n) is 12.0. The van der Waals surface area contributed by atoms with E-state index < -0.39 is 0 Å². The van der Waals surface area contributed by atoms with E-state index >= 15 is 0 Å². The molecule has 19 heavy (non-hydrogen) atoms. The van der Waals surface area contributed by atoms with Gasteiger partial charge in [0, 0.05) is 12.0 Å². The first kappa shape index (κ1) is 13.0. The first-order valence-corrected chi connectivity index (χ1v) is 7.70. The molecule has 0 saturated heterocycles. The van der Waals surface area contributed by atoms with Gasteiger partial charge in [0.25, 0.3) is 0 Å². The predicted molar refractivity (Wildman–Crippen MR) is 78.8 cm³/mol. The lowest BCUT2D eigenvalue weighted by atomic mass is 9.68. The van der Waals surface area contributed by atoms with Gasteiger partial charge >= 0.3 is 0 Å². The Morgan fingerprint density at radius 2 is 1.79 bits per heavy atom. The van der Waals surface area contributed by atoms with E-state index in [1.54, 1.807) is 18.2 Å². The molecule has 0 bridgehead atoms. The van der Waals surface area contributed by atoms with Gasteiger partial charge in [0.2, 0.25) is 0 Å². The van der Waals surface area contributed by atoms with Crippen LogP contribution in [0.15, 0.2) is 12.1 Å². The summed E-state index contributed by atoms with van der Waals surface area (Å²) in [5.41, 5.74) is 11.0. The fraction of sp³-hybridized carbons (Fsp3) is 0.647. The molecule has 1 fully saturated rings. The van der Waals surface area contributed by atoms with Crippen LogP contribution in [0.5, 0.6) is 5.75 Å². The standard InChI is InChI=1S/C17H25NO/c1-19-16-9-8-15(13-6-5-7-14(13)16)17(12-18)10-3-2-4-11-17/h8-9H,2-7,10-12,18H2,1H3. The van der Waals surface area contributed by atoms with Crippen molar-refractivity contribution in [2.45, 2.75) is 56.8 Å². The summed E-state index contributed by atoms with van der Waals surface area (Å²) in [5.74, 6) is 1.08. The predicted octanol–water partition coefficient (Wildman–Crippen LogP) is 3.34. The normalized spacial score (nSPS) is 21.2. The van der Waals surface area contributed by atoms with Crippen LogP contribution in [0.2, 0.25) is 0 Å². The van der Waals surface area contributed by atoms with E-state index in [1.807, 2.05) is 0 Å². The molecule has 2 N–H and O–H groups in total. The van der Waals surface area contributed by atoms with Gasteiger partial charge in [0.1, 0.15) is 5.75 Å². The van der Waals surface area contributed by atoms with E-state index in [9.17, 15) is 0 Å². The van der Waals surface area contributed by atoms with Crippen LogP contribution in [0.3, 0.4) is 0 Å². The molecule has 2 nitrogen and oxygen atoms in total. The molecule has 2 aliphatic carbocycles. The first-order chi connectivity index (χ1) is 9.30. The van der Waals surface area contributed by atoms with Gasteiger partial charge in [0.15, 0.2) is 0 Å².